The standard InChI is InChI=1S/C14H26N2O2/c1-6-14(4,5)17-10-13-7-12(16-18-13)9-15-8-11(2)3/h7,11,15H,6,8-10H2,1-5H3. The maximum Gasteiger partial charge on any atom is 0.162 e. The molecule has 0 amide bonds. The minimum absolute atomic E-state index is 0.108. The van der Waals surface area contributed by atoms with E-state index in [0.717, 1.165) is 31.0 Å². The van der Waals surface area contributed by atoms with Crippen LogP contribution < -0.4 is 5.32 Å². The molecule has 0 saturated heterocycles. The van der Waals surface area contributed by atoms with Crippen LogP contribution in [0.5, 0.6) is 0 Å². The fraction of sp³-hybridized carbons (Fsp3) is 0.786. The van der Waals surface area contributed by atoms with Crippen LogP contribution in [0.2, 0.25) is 0 Å². The van der Waals surface area contributed by atoms with E-state index in [2.05, 4.69) is 45.1 Å². The molecule has 0 aliphatic heterocycles. The lowest BCUT2D eigenvalue weighted by molar-refractivity contribution is -0.0398. The van der Waals surface area contributed by atoms with Crippen LogP contribution in [0.1, 0.15) is 52.5 Å². The van der Waals surface area contributed by atoms with Crippen molar-refractivity contribution < 1.29 is 9.26 Å². The van der Waals surface area contributed by atoms with Crippen LogP contribution in [0.3, 0.4) is 0 Å². The molecule has 0 fully saturated rings. The monoisotopic (exact) mass is 254 g/mol. The highest BCUT2D eigenvalue weighted by Gasteiger charge is 2.16. The number of nitrogens with one attached hydrogen (secondary N) is 1. The van der Waals surface area contributed by atoms with Crippen molar-refractivity contribution in [2.24, 2.45) is 5.92 Å². The van der Waals surface area contributed by atoms with E-state index < -0.39 is 0 Å². The van der Waals surface area contributed by atoms with Gasteiger partial charge in [0, 0.05) is 12.6 Å². The molecule has 0 atom stereocenters. The van der Waals surface area contributed by atoms with E-state index in [1.54, 1.807) is 0 Å². The summed E-state index contributed by atoms with van der Waals surface area (Å²) in [6.07, 6.45) is 0.976. The first-order valence-corrected chi connectivity index (χ1v) is 6.72. The van der Waals surface area contributed by atoms with E-state index in [-0.39, 0.29) is 5.60 Å². The molecule has 1 rings (SSSR count). The van der Waals surface area contributed by atoms with Gasteiger partial charge in [-0.05, 0) is 32.7 Å². The molecule has 0 saturated carbocycles. The lowest BCUT2D eigenvalue weighted by Crippen LogP contribution is -2.22. The number of rotatable bonds is 8. The van der Waals surface area contributed by atoms with Gasteiger partial charge in [-0.2, -0.15) is 0 Å². The number of ether oxygens (including phenoxy) is 1. The van der Waals surface area contributed by atoms with Crippen molar-refractivity contribution in [3.8, 4) is 0 Å². The Kier molecular flexibility index (Phi) is 5.82. The first-order chi connectivity index (χ1) is 8.43. The molecule has 104 valence electrons. The van der Waals surface area contributed by atoms with Gasteiger partial charge in [-0.1, -0.05) is 25.9 Å². The van der Waals surface area contributed by atoms with Gasteiger partial charge in [-0.3, -0.25) is 0 Å². The van der Waals surface area contributed by atoms with Crippen LogP contribution in [0.4, 0.5) is 0 Å². The molecule has 1 aromatic rings. The van der Waals surface area contributed by atoms with Gasteiger partial charge in [-0.15, -0.1) is 0 Å². The Bertz CT molecular complexity index is 345. The first kappa shape index (κ1) is 15.2. The van der Waals surface area contributed by atoms with Crippen molar-refractivity contribution >= 4 is 0 Å². The highest BCUT2D eigenvalue weighted by Crippen LogP contribution is 2.16. The quantitative estimate of drug-likeness (QED) is 0.774. The third kappa shape index (κ3) is 5.65. The van der Waals surface area contributed by atoms with Gasteiger partial charge < -0.3 is 14.6 Å². The van der Waals surface area contributed by atoms with E-state index in [0.29, 0.717) is 12.5 Å². The average molecular weight is 254 g/mol. The fourth-order valence-electron chi connectivity index (χ4n) is 1.36. The van der Waals surface area contributed by atoms with Gasteiger partial charge in [0.05, 0.1) is 11.3 Å². The molecule has 1 aromatic heterocycles. The Morgan fingerprint density at radius 1 is 1.44 bits per heavy atom. The highest BCUT2D eigenvalue weighted by molar-refractivity contribution is 5.04. The van der Waals surface area contributed by atoms with Crippen LogP contribution in [-0.4, -0.2) is 17.3 Å². The summed E-state index contributed by atoms with van der Waals surface area (Å²) < 4.78 is 11.0. The molecular formula is C14H26N2O2. The van der Waals surface area contributed by atoms with E-state index in [1.807, 2.05) is 6.07 Å². The van der Waals surface area contributed by atoms with Crippen molar-refractivity contribution in [2.75, 3.05) is 6.54 Å². The van der Waals surface area contributed by atoms with Crippen molar-refractivity contribution in [1.82, 2.24) is 10.5 Å². The van der Waals surface area contributed by atoms with Crippen LogP contribution in [-0.2, 0) is 17.9 Å². The van der Waals surface area contributed by atoms with Crippen molar-refractivity contribution in [3.63, 3.8) is 0 Å². The molecule has 0 spiro atoms. The zero-order chi connectivity index (χ0) is 13.6. The zero-order valence-corrected chi connectivity index (χ0v) is 12.2. The molecule has 0 radical (unpaired) electrons. The van der Waals surface area contributed by atoms with Crippen LogP contribution >= 0.6 is 0 Å². The molecule has 18 heavy (non-hydrogen) atoms. The topological polar surface area (TPSA) is 47.3 Å². The first-order valence-electron chi connectivity index (χ1n) is 6.72. The highest BCUT2D eigenvalue weighted by atomic mass is 16.5. The fourth-order valence-corrected chi connectivity index (χ4v) is 1.36. The normalized spacial score (nSPS) is 12.3. The van der Waals surface area contributed by atoms with Crippen LogP contribution in [0.15, 0.2) is 10.6 Å². The maximum absolute atomic E-state index is 5.77. The summed E-state index contributed by atoms with van der Waals surface area (Å²) in [5.41, 5.74) is 0.826. The Morgan fingerprint density at radius 3 is 2.78 bits per heavy atom. The molecule has 0 aliphatic carbocycles. The number of hydrogen-bond acceptors (Lipinski definition) is 4. The van der Waals surface area contributed by atoms with Gasteiger partial charge in [0.15, 0.2) is 5.76 Å². The van der Waals surface area contributed by atoms with Gasteiger partial charge >= 0.3 is 0 Å². The molecule has 1 heterocycles. The maximum atomic E-state index is 5.77. The molecule has 4 nitrogen and oxygen atoms in total. The Labute approximate surface area is 110 Å². The molecule has 1 N–H and O–H groups in total. The minimum atomic E-state index is -0.108. The van der Waals surface area contributed by atoms with E-state index in [4.69, 9.17) is 9.26 Å². The molecule has 0 unspecified atom stereocenters. The summed E-state index contributed by atoms with van der Waals surface area (Å²) in [6, 6.07) is 1.96. The van der Waals surface area contributed by atoms with Crippen molar-refractivity contribution in [1.29, 1.82) is 0 Å². The third-order valence-electron chi connectivity index (χ3n) is 2.92. The zero-order valence-electron chi connectivity index (χ0n) is 12.2. The van der Waals surface area contributed by atoms with Gasteiger partial charge in [0.25, 0.3) is 0 Å². The van der Waals surface area contributed by atoms with Gasteiger partial charge in [0.2, 0.25) is 0 Å². The predicted octanol–water partition coefficient (Wildman–Crippen LogP) is 3.13. The summed E-state index contributed by atoms with van der Waals surface area (Å²) in [5.74, 6) is 1.43. The third-order valence-corrected chi connectivity index (χ3v) is 2.92. The second-order valence-corrected chi connectivity index (χ2v) is 5.71. The lowest BCUT2D eigenvalue weighted by Gasteiger charge is -2.22. The summed E-state index contributed by atoms with van der Waals surface area (Å²) in [4.78, 5) is 0. The van der Waals surface area contributed by atoms with Crippen LogP contribution in [0.25, 0.3) is 0 Å². The molecule has 0 aromatic carbocycles. The van der Waals surface area contributed by atoms with Crippen LogP contribution in [0, 0.1) is 5.92 Å². The summed E-state index contributed by atoms with van der Waals surface area (Å²) in [5, 5.41) is 7.36. The Morgan fingerprint density at radius 2 is 2.17 bits per heavy atom. The van der Waals surface area contributed by atoms with Crippen molar-refractivity contribution in [3.05, 3.63) is 17.5 Å². The predicted molar refractivity (Wildman–Crippen MR) is 72.2 cm³/mol. The number of nitrogens with zero attached hydrogens (tertiary/aromatic N) is 1. The van der Waals surface area contributed by atoms with Gasteiger partial charge in [-0.25, -0.2) is 0 Å². The summed E-state index contributed by atoms with van der Waals surface area (Å²) >= 11 is 0. The molecule has 0 aliphatic rings. The summed E-state index contributed by atoms with van der Waals surface area (Å²) in [6.45, 7) is 12.9. The second-order valence-electron chi connectivity index (χ2n) is 5.71. The largest absolute Gasteiger partial charge is 0.368 e. The SMILES string of the molecule is CCC(C)(C)OCc1cc(CNCC(C)C)no1. The second kappa shape index (κ2) is 6.90. The lowest BCUT2D eigenvalue weighted by atomic mass is 10.1. The minimum Gasteiger partial charge on any atom is -0.368 e. The molecule has 4 heteroatoms. The number of hydrogen-bond donors (Lipinski definition) is 1. The average Bonchev–Trinajstić information content (AvgIpc) is 2.74. The van der Waals surface area contributed by atoms with E-state index in [1.165, 1.54) is 0 Å². The Hall–Kier alpha value is -0.870. The van der Waals surface area contributed by atoms with Crippen molar-refractivity contribution in [2.45, 2.75) is 59.8 Å². The summed E-state index contributed by atoms with van der Waals surface area (Å²) in [7, 11) is 0. The molecule has 0 bridgehead atoms. The Balaban J connectivity index is 2.34. The van der Waals surface area contributed by atoms with Gasteiger partial charge in [0.1, 0.15) is 6.61 Å². The van der Waals surface area contributed by atoms with E-state index >= 15 is 0 Å². The molecular weight excluding hydrogens is 228 g/mol. The number of aromatic nitrogens is 1. The smallest absolute Gasteiger partial charge is 0.162 e. The van der Waals surface area contributed by atoms with E-state index in [9.17, 15) is 0 Å².